The molecule has 0 aliphatic rings. The van der Waals surface area contributed by atoms with Crippen LogP contribution in [-0.2, 0) is 20.0 Å². The third-order valence-electron chi connectivity index (χ3n) is 3.50. The summed E-state index contributed by atoms with van der Waals surface area (Å²) in [4.78, 5) is -0.466. The van der Waals surface area contributed by atoms with Gasteiger partial charge in [0.1, 0.15) is 9.79 Å². The molecular weight excluding hydrogens is 338 g/mol. The Hall–Kier alpha value is -1.00. The average Bonchev–Trinajstić information content (AvgIpc) is 2.46. The van der Waals surface area contributed by atoms with Crippen molar-refractivity contribution < 1.29 is 16.8 Å². The largest absolute Gasteiger partial charge is 0.330 e. The normalized spacial score (nSPS) is 13.7. The van der Waals surface area contributed by atoms with Crippen LogP contribution in [0.4, 0.5) is 0 Å². The minimum atomic E-state index is -3.96. The van der Waals surface area contributed by atoms with Crippen LogP contribution in [-0.4, -0.2) is 59.7 Å². The van der Waals surface area contributed by atoms with Gasteiger partial charge in [0.2, 0.25) is 20.0 Å². The molecule has 0 saturated carbocycles. The molecule has 0 atom stereocenters. The summed E-state index contributed by atoms with van der Waals surface area (Å²) in [5.41, 5.74) is 5.23. The second-order valence-electron chi connectivity index (χ2n) is 6.36. The topological polar surface area (TPSA) is 101 Å². The van der Waals surface area contributed by atoms with Crippen molar-refractivity contribution in [3.8, 4) is 0 Å². The highest BCUT2D eigenvalue weighted by Crippen LogP contribution is 2.27. The average molecular weight is 364 g/mol. The zero-order valence-electron chi connectivity index (χ0n) is 14.1. The van der Waals surface area contributed by atoms with Crippen LogP contribution < -0.4 is 5.73 Å². The number of nitrogens with two attached hydrogens (primary N) is 1. The summed E-state index contributed by atoms with van der Waals surface area (Å²) >= 11 is 0. The Morgan fingerprint density at radius 1 is 0.957 bits per heavy atom. The van der Waals surface area contributed by atoms with Crippen LogP contribution in [0.3, 0.4) is 0 Å². The van der Waals surface area contributed by atoms with Gasteiger partial charge in [-0.1, -0.05) is 26.0 Å². The Labute approximate surface area is 139 Å². The summed E-state index contributed by atoms with van der Waals surface area (Å²) in [5, 5.41) is 0. The SMILES string of the molecule is CN(C)S(=O)(=O)c1ccccc1S(=O)(=O)N(C)CC(C)(C)CN. The summed E-state index contributed by atoms with van der Waals surface area (Å²) in [6, 6.07) is 5.60. The van der Waals surface area contributed by atoms with Gasteiger partial charge in [-0.3, -0.25) is 0 Å². The van der Waals surface area contributed by atoms with Gasteiger partial charge in [-0.2, -0.15) is 0 Å². The number of rotatable bonds is 7. The minimum Gasteiger partial charge on any atom is -0.330 e. The Balaban J connectivity index is 3.42. The number of nitrogens with zero attached hydrogens (tertiary/aromatic N) is 2. The summed E-state index contributed by atoms with van der Waals surface area (Å²) in [7, 11) is -3.68. The molecule has 0 spiro atoms. The standard InChI is InChI=1S/C14H25N3O4S2/c1-14(2,10-15)11-17(5)23(20,21)13-9-7-6-8-12(13)22(18,19)16(3)4/h6-9H,10-11,15H2,1-5H3. The van der Waals surface area contributed by atoms with Gasteiger partial charge in [0.25, 0.3) is 0 Å². The van der Waals surface area contributed by atoms with E-state index < -0.39 is 25.5 Å². The van der Waals surface area contributed by atoms with Crippen LogP contribution in [0, 0.1) is 5.41 Å². The fourth-order valence-corrected chi connectivity index (χ4v) is 5.02. The zero-order valence-corrected chi connectivity index (χ0v) is 15.8. The first-order valence-corrected chi connectivity index (χ1v) is 9.92. The molecular formula is C14H25N3O4S2. The molecule has 0 bridgehead atoms. The van der Waals surface area contributed by atoms with Gasteiger partial charge in [-0.25, -0.2) is 25.4 Å². The van der Waals surface area contributed by atoms with E-state index in [1.54, 1.807) is 0 Å². The Morgan fingerprint density at radius 3 is 1.78 bits per heavy atom. The Bertz CT molecular complexity index is 756. The van der Waals surface area contributed by atoms with E-state index in [1.165, 1.54) is 45.4 Å². The molecule has 1 aromatic rings. The Kier molecular flexibility index (Phi) is 5.98. The van der Waals surface area contributed by atoms with Gasteiger partial charge >= 0.3 is 0 Å². The third kappa shape index (κ3) is 4.30. The van der Waals surface area contributed by atoms with Crippen molar-refractivity contribution in [1.29, 1.82) is 0 Å². The van der Waals surface area contributed by atoms with Crippen molar-refractivity contribution in [3.05, 3.63) is 24.3 Å². The van der Waals surface area contributed by atoms with E-state index in [0.29, 0.717) is 6.54 Å². The fourth-order valence-electron chi connectivity index (χ4n) is 1.99. The molecule has 0 saturated heterocycles. The molecule has 23 heavy (non-hydrogen) atoms. The first-order chi connectivity index (χ1) is 10.4. The first kappa shape index (κ1) is 20.0. The summed E-state index contributed by atoms with van der Waals surface area (Å²) in [5.74, 6) is 0. The molecule has 7 nitrogen and oxygen atoms in total. The molecule has 0 aromatic heterocycles. The molecule has 1 aromatic carbocycles. The molecule has 0 fully saturated rings. The predicted octanol–water partition coefficient (Wildman–Crippen LogP) is 0.542. The van der Waals surface area contributed by atoms with Gasteiger partial charge < -0.3 is 5.73 Å². The lowest BCUT2D eigenvalue weighted by Crippen LogP contribution is -2.40. The molecule has 0 unspecified atom stereocenters. The van der Waals surface area contributed by atoms with Crippen LogP contribution in [0.2, 0.25) is 0 Å². The number of hydrogen-bond donors (Lipinski definition) is 1. The predicted molar refractivity (Wildman–Crippen MR) is 90.0 cm³/mol. The lowest BCUT2D eigenvalue weighted by Gasteiger charge is -2.29. The van der Waals surface area contributed by atoms with E-state index in [2.05, 4.69) is 0 Å². The van der Waals surface area contributed by atoms with Gasteiger partial charge in [0, 0.05) is 27.7 Å². The molecule has 0 aliphatic carbocycles. The van der Waals surface area contributed by atoms with Gasteiger partial charge in [0.05, 0.1) is 0 Å². The number of hydrogen-bond acceptors (Lipinski definition) is 5. The lowest BCUT2D eigenvalue weighted by atomic mass is 9.94. The minimum absolute atomic E-state index is 0.183. The van der Waals surface area contributed by atoms with Crippen LogP contribution in [0.25, 0.3) is 0 Å². The van der Waals surface area contributed by atoms with Gasteiger partial charge in [-0.15, -0.1) is 0 Å². The van der Waals surface area contributed by atoms with E-state index in [4.69, 9.17) is 5.73 Å². The summed E-state index contributed by atoms with van der Waals surface area (Å²) in [6.45, 7) is 4.19. The highest BCUT2D eigenvalue weighted by Gasteiger charge is 2.32. The number of sulfonamides is 2. The molecule has 0 amide bonds. The van der Waals surface area contributed by atoms with Crippen molar-refractivity contribution in [3.63, 3.8) is 0 Å². The van der Waals surface area contributed by atoms with Crippen LogP contribution >= 0.6 is 0 Å². The monoisotopic (exact) mass is 363 g/mol. The van der Waals surface area contributed by atoms with E-state index in [0.717, 1.165) is 8.61 Å². The fraction of sp³-hybridized carbons (Fsp3) is 0.571. The van der Waals surface area contributed by atoms with Crippen LogP contribution in [0.1, 0.15) is 13.8 Å². The van der Waals surface area contributed by atoms with Crippen molar-refractivity contribution >= 4 is 20.0 Å². The maximum absolute atomic E-state index is 12.8. The van der Waals surface area contributed by atoms with Gasteiger partial charge in [0.15, 0.2) is 0 Å². The van der Waals surface area contributed by atoms with Gasteiger partial charge in [-0.05, 0) is 24.1 Å². The third-order valence-corrected chi connectivity index (χ3v) is 7.36. The first-order valence-electron chi connectivity index (χ1n) is 7.04. The molecule has 9 heteroatoms. The number of benzene rings is 1. The smallest absolute Gasteiger partial charge is 0.244 e. The Morgan fingerprint density at radius 2 is 1.39 bits per heavy atom. The van der Waals surface area contributed by atoms with E-state index in [1.807, 2.05) is 13.8 Å². The van der Waals surface area contributed by atoms with Crippen LogP contribution in [0.15, 0.2) is 34.1 Å². The second-order valence-corrected chi connectivity index (χ2v) is 10.5. The summed E-state index contributed by atoms with van der Waals surface area (Å²) in [6.07, 6.45) is 0. The lowest BCUT2D eigenvalue weighted by molar-refractivity contribution is 0.291. The highest BCUT2D eigenvalue weighted by molar-refractivity contribution is 7.92. The molecule has 132 valence electrons. The van der Waals surface area contributed by atoms with E-state index >= 15 is 0 Å². The molecule has 1 rings (SSSR count). The molecule has 0 heterocycles. The molecule has 0 aliphatic heterocycles. The quantitative estimate of drug-likeness (QED) is 0.762. The second kappa shape index (κ2) is 6.86. The van der Waals surface area contributed by atoms with E-state index in [-0.39, 0.29) is 16.3 Å². The van der Waals surface area contributed by atoms with Crippen LogP contribution in [0.5, 0.6) is 0 Å². The summed E-state index contributed by atoms with van der Waals surface area (Å²) < 4.78 is 52.5. The molecule has 2 N–H and O–H groups in total. The van der Waals surface area contributed by atoms with Crippen molar-refractivity contribution in [2.45, 2.75) is 23.6 Å². The molecule has 0 radical (unpaired) electrons. The maximum atomic E-state index is 12.8. The van der Waals surface area contributed by atoms with E-state index in [9.17, 15) is 16.8 Å². The zero-order chi connectivity index (χ0) is 18.1. The highest BCUT2D eigenvalue weighted by atomic mass is 32.2. The maximum Gasteiger partial charge on any atom is 0.244 e. The van der Waals surface area contributed by atoms with Crippen molar-refractivity contribution in [2.75, 3.05) is 34.2 Å². The van der Waals surface area contributed by atoms with Crippen molar-refractivity contribution in [2.24, 2.45) is 11.1 Å². The van der Waals surface area contributed by atoms with Crippen molar-refractivity contribution in [1.82, 2.24) is 8.61 Å².